The van der Waals surface area contributed by atoms with Gasteiger partial charge in [0.2, 0.25) is 5.91 Å². The first-order valence-corrected chi connectivity index (χ1v) is 13.5. The standard InChI is InChI=1S/C29H32FN3O2S/c1-20-6-3-4-9-24(20)28-25-12-17-36-26(25)10-13-31(28)14-11-27(34)32-15-16-33(21(2)19-32)29(35)22-7-5-8-23(30)18-22/h3-9,12,17-18,21,28H,10-11,13-16,19H2,1-2H3. The fourth-order valence-corrected chi connectivity index (χ4v) is 6.44. The van der Waals surface area contributed by atoms with Crippen LogP contribution in [0.4, 0.5) is 4.39 Å². The van der Waals surface area contributed by atoms with Crippen molar-refractivity contribution in [3.63, 3.8) is 0 Å². The molecule has 3 heterocycles. The first-order valence-electron chi connectivity index (χ1n) is 12.6. The van der Waals surface area contributed by atoms with Crippen LogP contribution in [0.15, 0.2) is 60.0 Å². The van der Waals surface area contributed by atoms with Crippen molar-refractivity contribution >= 4 is 23.2 Å². The minimum Gasteiger partial charge on any atom is -0.339 e. The average molecular weight is 506 g/mol. The van der Waals surface area contributed by atoms with Crippen LogP contribution in [0, 0.1) is 12.7 Å². The molecular formula is C29H32FN3O2S. The molecule has 0 spiro atoms. The second-order valence-electron chi connectivity index (χ2n) is 9.79. The van der Waals surface area contributed by atoms with E-state index >= 15 is 0 Å². The first kappa shape index (κ1) is 24.7. The Bertz CT molecular complexity index is 1260. The van der Waals surface area contributed by atoms with Gasteiger partial charge in [-0.25, -0.2) is 4.39 Å². The highest BCUT2D eigenvalue weighted by atomic mass is 32.1. The molecule has 0 bridgehead atoms. The number of benzene rings is 2. The molecule has 2 unspecified atom stereocenters. The van der Waals surface area contributed by atoms with Crippen molar-refractivity contribution in [3.8, 4) is 0 Å². The van der Waals surface area contributed by atoms with Gasteiger partial charge in [-0.3, -0.25) is 14.5 Å². The molecule has 5 rings (SSSR count). The number of carbonyl (C=O) groups excluding carboxylic acids is 2. The Morgan fingerprint density at radius 3 is 2.64 bits per heavy atom. The summed E-state index contributed by atoms with van der Waals surface area (Å²) in [6.45, 7) is 7.20. The van der Waals surface area contributed by atoms with Gasteiger partial charge in [-0.1, -0.05) is 30.3 Å². The lowest BCUT2D eigenvalue weighted by molar-refractivity contribution is -0.134. The topological polar surface area (TPSA) is 43.9 Å². The Balaban J connectivity index is 1.23. The maximum absolute atomic E-state index is 13.6. The van der Waals surface area contributed by atoms with Crippen LogP contribution in [0.25, 0.3) is 0 Å². The molecule has 2 amide bonds. The number of amides is 2. The molecule has 0 saturated carbocycles. The summed E-state index contributed by atoms with van der Waals surface area (Å²) in [5.74, 6) is -0.479. The van der Waals surface area contributed by atoms with Crippen LogP contribution in [0.5, 0.6) is 0 Å². The van der Waals surface area contributed by atoms with Gasteiger partial charge in [-0.2, -0.15) is 0 Å². The van der Waals surface area contributed by atoms with Crippen molar-refractivity contribution < 1.29 is 14.0 Å². The zero-order chi connectivity index (χ0) is 25.2. The summed E-state index contributed by atoms with van der Waals surface area (Å²) >= 11 is 1.83. The molecule has 2 aliphatic heterocycles. The van der Waals surface area contributed by atoms with Crippen LogP contribution in [0.1, 0.15) is 51.3 Å². The summed E-state index contributed by atoms with van der Waals surface area (Å²) in [5.41, 5.74) is 4.29. The lowest BCUT2D eigenvalue weighted by Gasteiger charge is -2.41. The first-order chi connectivity index (χ1) is 17.4. The third kappa shape index (κ3) is 4.95. The number of hydrogen-bond donors (Lipinski definition) is 0. The number of aryl methyl sites for hydroxylation is 1. The summed E-state index contributed by atoms with van der Waals surface area (Å²) in [6.07, 6.45) is 1.47. The van der Waals surface area contributed by atoms with Crippen molar-refractivity contribution in [2.24, 2.45) is 0 Å². The Morgan fingerprint density at radius 1 is 1.03 bits per heavy atom. The Hall–Kier alpha value is -3.03. The number of nitrogens with zero attached hydrogens (tertiary/aromatic N) is 3. The number of piperazine rings is 1. The Morgan fingerprint density at radius 2 is 1.86 bits per heavy atom. The van der Waals surface area contributed by atoms with Gasteiger partial charge < -0.3 is 9.80 Å². The Labute approximate surface area is 216 Å². The summed E-state index contributed by atoms with van der Waals surface area (Å²) in [7, 11) is 0. The number of hydrogen-bond acceptors (Lipinski definition) is 4. The van der Waals surface area contributed by atoms with Crippen molar-refractivity contribution in [2.45, 2.75) is 38.8 Å². The minimum atomic E-state index is -0.418. The van der Waals surface area contributed by atoms with Gasteiger partial charge in [-0.15, -0.1) is 11.3 Å². The van der Waals surface area contributed by atoms with Crippen molar-refractivity contribution in [1.29, 1.82) is 0 Å². The van der Waals surface area contributed by atoms with Gasteiger partial charge in [0.15, 0.2) is 0 Å². The van der Waals surface area contributed by atoms with E-state index in [0.29, 0.717) is 38.2 Å². The normalized spacial score (nSPS) is 20.3. The van der Waals surface area contributed by atoms with Gasteiger partial charge in [-0.05, 0) is 66.6 Å². The van der Waals surface area contributed by atoms with E-state index in [9.17, 15) is 14.0 Å². The number of thiophene rings is 1. The van der Waals surface area contributed by atoms with E-state index in [0.717, 1.165) is 13.0 Å². The molecule has 2 atom stereocenters. The van der Waals surface area contributed by atoms with Gasteiger partial charge in [0, 0.05) is 55.6 Å². The second-order valence-corrected chi connectivity index (χ2v) is 10.8. The third-order valence-corrected chi connectivity index (χ3v) is 8.47. The zero-order valence-electron chi connectivity index (χ0n) is 20.8. The second kappa shape index (κ2) is 10.5. The highest BCUT2D eigenvalue weighted by Crippen LogP contribution is 2.38. The van der Waals surface area contributed by atoms with E-state index in [4.69, 9.17) is 0 Å². The molecule has 1 aromatic heterocycles. The van der Waals surface area contributed by atoms with E-state index in [1.807, 2.05) is 23.2 Å². The maximum atomic E-state index is 13.6. The third-order valence-electron chi connectivity index (χ3n) is 7.47. The van der Waals surface area contributed by atoms with Gasteiger partial charge in [0.1, 0.15) is 5.82 Å². The summed E-state index contributed by atoms with van der Waals surface area (Å²) in [6, 6.07) is 16.6. The summed E-state index contributed by atoms with van der Waals surface area (Å²) < 4.78 is 13.6. The summed E-state index contributed by atoms with van der Waals surface area (Å²) in [4.78, 5) is 33.6. The number of halogens is 1. The highest BCUT2D eigenvalue weighted by Gasteiger charge is 2.33. The quantitative estimate of drug-likeness (QED) is 0.495. The molecule has 0 aliphatic carbocycles. The monoisotopic (exact) mass is 505 g/mol. The molecule has 36 heavy (non-hydrogen) atoms. The average Bonchev–Trinajstić information content (AvgIpc) is 3.36. The Kier molecular flexibility index (Phi) is 7.21. The predicted molar refractivity (Wildman–Crippen MR) is 141 cm³/mol. The highest BCUT2D eigenvalue weighted by molar-refractivity contribution is 7.10. The van der Waals surface area contributed by atoms with E-state index in [-0.39, 0.29) is 23.9 Å². The van der Waals surface area contributed by atoms with E-state index in [1.54, 1.807) is 17.0 Å². The molecule has 1 fully saturated rings. The van der Waals surface area contributed by atoms with Crippen molar-refractivity contribution in [3.05, 3.63) is 92.9 Å². The van der Waals surface area contributed by atoms with Gasteiger partial charge in [0.05, 0.1) is 6.04 Å². The minimum absolute atomic E-state index is 0.124. The molecule has 2 aromatic carbocycles. The molecule has 7 heteroatoms. The van der Waals surface area contributed by atoms with E-state index < -0.39 is 5.82 Å². The summed E-state index contributed by atoms with van der Waals surface area (Å²) in [5, 5.41) is 2.18. The van der Waals surface area contributed by atoms with Gasteiger partial charge >= 0.3 is 0 Å². The lowest BCUT2D eigenvalue weighted by Crippen LogP contribution is -2.55. The molecule has 0 N–H and O–H groups in total. The largest absolute Gasteiger partial charge is 0.339 e. The van der Waals surface area contributed by atoms with E-state index in [2.05, 4.69) is 47.5 Å². The zero-order valence-corrected chi connectivity index (χ0v) is 21.6. The smallest absolute Gasteiger partial charge is 0.254 e. The van der Waals surface area contributed by atoms with Gasteiger partial charge in [0.25, 0.3) is 5.91 Å². The fourth-order valence-electron chi connectivity index (χ4n) is 5.54. The molecular weight excluding hydrogens is 473 g/mol. The molecule has 0 radical (unpaired) electrons. The fraction of sp³-hybridized carbons (Fsp3) is 0.379. The molecule has 1 saturated heterocycles. The SMILES string of the molecule is Cc1ccccc1C1c2ccsc2CCN1CCC(=O)N1CCN(C(=O)c2cccc(F)c2)C(C)C1. The van der Waals surface area contributed by atoms with Crippen LogP contribution in [-0.4, -0.2) is 65.3 Å². The van der Waals surface area contributed by atoms with Crippen LogP contribution in [-0.2, 0) is 11.2 Å². The van der Waals surface area contributed by atoms with E-state index in [1.165, 1.54) is 33.7 Å². The van der Waals surface area contributed by atoms with Crippen molar-refractivity contribution in [1.82, 2.24) is 14.7 Å². The number of rotatable bonds is 5. The predicted octanol–water partition coefficient (Wildman–Crippen LogP) is 4.91. The number of carbonyl (C=O) groups is 2. The van der Waals surface area contributed by atoms with Crippen LogP contribution in [0.2, 0.25) is 0 Å². The van der Waals surface area contributed by atoms with Crippen LogP contribution < -0.4 is 0 Å². The molecule has 188 valence electrons. The number of fused-ring (bicyclic) bond motifs is 1. The van der Waals surface area contributed by atoms with Crippen molar-refractivity contribution in [2.75, 3.05) is 32.7 Å². The van der Waals surface area contributed by atoms with Crippen LogP contribution >= 0.6 is 11.3 Å². The van der Waals surface area contributed by atoms with Crippen LogP contribution in [0.3, 0.4) is 0 Å². The molecule has 5 nitrogen and oxygen atoms in total. The maximum Gasteiger partial charge on any atom is 0.254 e. The molecule has 3 aromatic rings. The lowest BCUT2D eigenvalue weighted by atomic mass is 9.90. The molecule has 2 aliphatic rings.